The van der Waals surface area contributed by atoms with Crippen LogP contribution in [0.1, 0.15) is 23.7 Å². The van der Waals surface area contributed by atoms with E-state index in [9.17, 15) is 9.59 Å². The van der Waals surface area contributed by atoms with Gasteiger partial charge in [0.25, 0.3) is 5.56 Å². The Kier molecular flexibility index (Phi) is 5.42. The van der Waals surface area contributed by atoms with Gasteiger partial charge in [0.2, 0.25) is 0 Å². The molecular weight excluding hydrogens is 358 g/mol. The van der Waals surface area contributed by atoms with Gasteiger partial charge in [0.05, 0.1) is 7.11 Å². The van der Waals surface area contributed by atoms with E-state index < -0.39 is 0 Å². The average Bonchev–Trinajstić information content (AvgIpc) is 3.02. The fraction of sp³-hybridized carbons (Fsp3) is 0.450. The number of hydrogen-bond donors (Lipinski definition) is 0. The molecule has 3 aromatic rings. The lowest BCUT2D eigenvalue weighted by atomic mass is 9.94. The maximum atomic E-state index is 12.7. The summed E-state index contributed by atoms with van der Waals surface area (Å²) in [7, 11) is 10.7. The van der Waals surface area contributed by atoms with Crippen LogP contribution in [0, 0.1) is 0 Å². The molecule has 0 aliphatic rings. The van der Waals surface area contributed by atoms with Crippen molar-refractivity contribution in [3.8, 4) is 5.75 Å². The van der Waals surface area contributed by atoms with Crippen LogP contribution in [-0.2, 0) is 21.1 Å². The molecular formula is C20H27N5O3. The van der Waals surface area contributed by atoms with E-state index in [1.165, 1.54) is 11.6 Å². The van der Waals surface area contributed by atoms with Crippen molar-refractivity contribution in [3.05, 3.63) is 56.5 Å². The quantitative estimate of drug-likeness (QED) is 0.634. The number of benzene rings is 1. The molecule has 28 heavy (non-hydrogen) atoms. The van der Waals surface area contributed by atoms with Gasteiger partial charge in [-0.3, -0.25) is 13.9 Å². The standard InChI is InChI=1S/C20H27N5O3/c1-22(2)11-10-15(13-8-7-9-14(12-13)28-6)17-21-18-16(23(17)3)19(26)25(5)20(27)24(18)4/h7-9,12,15H,10-11H2,1-6H3/t15-/m1/s1. The van der Waals surface area contributed by atoms with Gasteiger partial charge in [0.15, 0.2) is 11.2 Å². The van der Waals surface area contributed by atoms with E-state index in [0.717, 1.165) is 34.7 Å². The molecule has 3 rings (SSSR count). The minimum atomic E-state index is -0.381. The van der Waals surface area contributed by atoms with Crippen molar-refractivity contribution in [1.82, 2.24) is 23.6 Å². The Morgan fingerprint density at radius 1 is 1.11 bits per heavy atom. The number of imidazole rings is 1. The largest absolute Gasteiger partial charge is 0.497 e. The summed E-state index contributed by atoms with van der Waals surface area (Å²) < 4.78 is 9.75. The van der Waals surface area contributed by atoms with Gasteiger partial charge in [-0.2, -0.15) is 0 Å². The smallest absolute Gasteiger partial charge is 0.332 e. The fourth-order valence-corrected chi connectivity index (χ4v) is 3.54. The number of hydrogen-bond acceptors (Lipinski definition) is 5. The molecule has 2 aromatic heterocycles. The Morgan fingerprint density at radius 2 is 1.82 bits per heavy atom. The van der Waals surface area contributed by atoms with E-state index in [-0.39, 0.29) is 17.2 Å². The van der Waals surface area contributed by atoms with E-state index in [1.807, 2.05) is 50.0 Å². The summed E-state index contributed by atoms with van der Waals surface area (Å²) in [5.41, 5.74) is 1.17. The molecule has 0 unspecified atom stereocenters. The van der Waals surface area contributed by atoms with E-state index in [0.29, 0.717) is 11.2 Å². The highest BCUT2D eigenvalue weighted by Crippen LogP contribution is 2.30. The van der Waals surface area contributed by atoms with Crippen LogP contribution < -0.4 is 16.0 Å². The number of aryl methyl sites for hydroxylation is 2. The predicted octanol–water partition coefficient (Wildman–Crippen LogP) is 1.06. The molecule has 1 atom stereocenters. The van der Waals surface area contributed by atoms with E-state index in [4.69, 9.17) is 9.72 Å². The van der Waals surface area contributed by atoms with Crippen LogP contribution >= 0.6 is 0 Å². The van der Waals surface area contributed by atoms with E-state index in [1.54, 1.807) is 14.2 Å². The van der Waals surface area contributed by atoms with Crippen molar-refractivity contribution < 1.29 is 4.74 Å². The van der Waals surface area contributed by atoms with Gasteiger partial charge in [-0.15, -0.1) is 0 Å². The van der Waals surface area contributed by atoms with Crippen LogP contribution in [0.5, 0.6) is 5.75 Å². The molecule has 0 saturated carbocycles. The molecule has 0 fully saturated rings. The van der Waals surface area contributed by atoms with Gasteiger partial charge in [-0.05, 0) is 44.8 Å². The summed E-state index contributed by atoms with van der Waals surface area (Å²) >= 11 is 0. The Labute approximate surface area is 163 Å². The Morgan fingerprint density at radius 3 is 2.46 bits per heavy atom. The SMILES string of the molecule is COc1cccc([C@@H](CCN(C)C)c2nc3c(c(=O)n(C)c(=O)n3C)n2C)c1. The molecule has 8 nitrogen and oxygen atoms in total. The first-order valence-corrected chi connectivity index (χ1v) is 9.17. The molecule has 0 aliphatic heterocycles. The van der Waals surface area contributed by atoms with Crippen molar-refractivity contribution in [2.75, 3.05) is 27.7 Å². The maximum Gasteiger partial charge on any atom is 0.332 e. The summed E-state index contributed by atoms with van der Waals surface area (Å²) in [6, 6.07) is 7.89. The van der Waals surface area contributed by atoms with Crippen LogP contribution in [0.25, 0.3) is 11.2 Å². The fourth-order valence-electron chi connectivity index (χ4n) is 3.54. The van der Waals surface area contributed by atoms with Gasteiger partial charge >= 0.3 is 5.69 Å². The maximum absolute atomic E-state index is 12.7. The number of methoxy groups -OCH3 is 1. The van der Waals surface area contributed by atoms with Gasteiger partial charge < -0.3 is 14.2 Å². The first-order valence-electron chi connectivity index (χ1n) is 9.17. The highest BCUT2D eigenvalue weighted by Gasteiger charge is 2.24. The average molecular weight is 385 g/mol. The molecule has 150 valence electrons. The number of rotatable bonds is 6. The van der Waals surface area contributed by atoms with Crippen molar-refractivity contribution in [3.63, 3.8) is 0 Å². The predicted molar refractivity (Wildman–Crippen MR) is 109 cm³/mol. The number of aromatic nitrogens is 4. The number of nitrogens with zero attached hydrogens (tertiary/aromatic N) is 5. The van der Waals surface area contributed by atoms with E-state index >= 15 is 0 Å². The molecule has 0 radical (unpaired) electrons. The molecule has 0 amide bonds. The molecule has 0 saturated heterocycles. The Bertz CT molecular complexity index is 1120. The third-order valence-corrected chi connectivity index (χ3v) is 5.18. The van der Waals surface area contributed by atoms with Crippen molar-refractivity contribution in [2.45, 2.75) is 12.3 Å². The lowest BCUT2D eigenvalue weighted by molar-refractivity contribution is 0.385. The molecule has 0 bridgehead atoms. The number of ether oxygens (including phenoxy) is 1. The van der Waals surface area contributed by atoms with Gasteiger partial charge in [0, 0.05) is 27.1 Å². The summed E-state index contributed by atoms with van der Waals surface area (Å²) in [5, 5.41) is 0. The first-order chi connectivity index (χ1) is 13.3. The first kappa shape index (κ1) is 19.9. The lowest BCUT2D eigenvalue weighted by Crippen LogP contribution is -2.37. The molecule has 1 aromatic carbocycles. The minimum absolute atomic E-state index is 0.0466. The minimum Gasteiger partial charge on any atom is -0.497 e. The third-order valence-electron chi connectivity index (χ3n) is 5.18. The summed E-state index contributed by atoms with van der Waals surface area (Å²) in [4.78, 5) is 31.9. The van der Waals surface area contributed by atoms with Crippen LogP contribution in [0.2, 0.25) is 0 Å². The van der Waals surface area contributed by atoms with Gasteiger partial charge in [-0.25, -0.2) is 9.78 Å². The van der Waals surface area contributed by atoms with Crippen molar-refractivity contribution >= 4 is 11.2 Å². The Hall–Kier alpha value is -2.87. The van der Waals surface area contributed by atoms with Crippen LogP contribution in [0.4, 0.5) is 0 Å². The summed E-state index contributed by atoms with van der Waals surface area (Å²) in [6.07, 6.45) is 0.811. The molecule has 8 heteroatoms. The zero-order valence-electron chi connectivity index (χ0n) is 17.3. The second kappa shape index (κ2) is 7.63. The second-order valence-corrected chi connectivity index (χ2v) is 7.33. The van der Waals surface area contributed by atoms with Gasteiger partial charge in [-0.1, -0.05) is 12.1 Å². The Balaban J connectivity index is 2.25. The molecule has 2 heterocycles. The molecule has 0 spiro atoms. The monoisotopic (exact) mass is 385 g/mol. The van der Waals surface area contributed by atoms with Crippen LogP contribution in [0.15, 0.2) is 33.9 Å². The van der Waals surface area contributed by atoms with Crippen molar-refractivity contribution in [2.24, 2.45) is 21.1 Å². The van der Waals surface area contributed by atoms with Gasteiger partial charge in [0.1, 0.15) is 11.6 Å². The normalized spacial score (nSPS) is 12.7. The lowest BCUT2D eigenvalue weighted by Gasteiger charge is -2.20. The molecule has 0 N–H and O–H groups in total. The van der Waals surface area contributed by atoms with Crippen LogP contribution in [0.3, 0.4) is 0 Å². The summed E-state index contributed by atoms with van der Waals surface area (Å²) in [6.45, 7) is 0.849. The van der Waals surface area contributed by atoms with E-state index in [2.05, 4.69) is 4.90 Å². The third kappa shape index (κ3) is 3.35. The summed E-state index contributed by atoms with van der Waals surface area (Å²) in [5.74, 6) is 1.48. The number of fused-ring (bicyclic) bond motifs is 1. The highest BCUT2D eigenvalue weighted by molar-refractivity contribution is 5.71. The zero-order valence-corrected chi connectivity index (χ0v) is 17.3. The molecule has 0 aliphatic carbocycles. The second-order valence-electron chi connectivity index (χ2n) is 7.33. The zero-order chi connectivity index (χ0) is 20.6. The van der Waals surface area contributed by atoms with Crippen molar-refractivity contribution in [1.29, 1.82) is 0 Å². The topological polar surface area (TPSA) is 74.3 Å². The highest BCUT2D eigenvalue weighted by atomic mass is 16.5. The van der Waals surface area contributed by atoms with Crippen LogP contribution in [-0.4, -0.2) is 51.3 Å².